The molecule has 5 nitrogen and oxygen atoms in total. The maximum absolute atomic E-state index is 12.5. The lowest BCUT2D eigenvalue weighted by atomic mass is 10.3. The van der Waals surface area contributed by atoms with Crippen LogP contribution in [0.2, 0.25) is 0 Å². The molecular formula is C19H27NO4S. The maximum Gasteiger partial charge on any atom is 0.307 e. The Kier molecular flexibility index (Phi) is 8.12. The number of thioether (sulfide) groups is 1. The zero-order chi connectivity index (χ0) is 18.1. The molecule has 0 saturated heterocycles. The van der Waals surface area contributed by atoms with Gasteiger partial charge < -0.3 is 14.4 Å². The molecule has 1 aromatic carbocycles. The molecule has 0 aliphatic heterocycles. The molecule has 6 heteroatoms. The molecule has 0 bridgehead atoms. The Bertz CT molecular complexity index is 557. The molecule has 0 N–H and O–H groups in total. The molecule has 0 spiro atoms. The van der Waals surface area contributed by atoms with E-state index in [4.69, 9.17) is 9.47 Å². The molecule has 0 radical (unpaired) electrons. The first-order valence-corrected chi connectivity index (χ1v) is 9.90. The molecule has 1 aliphatic carbocycles. The minimum atomic E-state index is -0.240. The van der Waals surface area contributed by atoms with Crippen LogP contribution < -0.4 is 4.74 Å². The van der Waals surface area contributed by atoms with Gasteiger partial charge >= 0.3 is 5.97 Å². The van der Waals surface area contributed by atoms with Crippen LogP contribution in [-0.2, 0) is 14.3 Å². The topological polar surface area (TPSA) is 55.8 Å². The van der Waals surface area contributed by atoms with Crippen molar-refractivity contribution < 1.29 is 19.1 Å². The van der Waals surface area contributed by atoms with E-state index < -0.39 is 0 Å². The summed E-state index contributed by atoms with van der Waals surface area (Å²) >= 11 is 1.51. The third kappa shape index (κ3) is 7.38. The predicted octanol–water partition coefficient (Wildman–Crippen LogP) is 3.37. The Morgan fingerprint density at radius 3 is 2.48 bits per heavy atom. The first-order chi connectivity index (χ1) is 12.1. The van der Waals surface area contributed by atoms with Crippen molar-refractivity contribution in [2.24, 2.45) is 5.92 Å². The highest BCUT2D eigenvalue weighted by atomic mass is 32.2. The lowest BCUT2D eigenvalue weighted by Gasteiger charge is -2.22. The van der Waals surface area contributed by atoms with Gasteiger partial charge in [-0.15, -0.1) is 11.8 Å². The summed E-state index contributed by atoms with van der Waals surface area (Å²) in [5, 5.41) is 0. The van der Waals surface area contributed by atoms with Crippen molar-refractivity contribution >= 4 is 23.6 Å². The Balaban J connectivity index is 1.82. The molecule has 1 fully saturated rings. The zero-order valence-corrected chi connectivity index (χ0v) is 15.8. The van der Waals surface area contributed by atoms with E-state index in [1.165, 1.54) is 24.6 Å². The smallest absolute Gasteiger partial charge is 0.307 e. The first kappa shape index (κ1) is 19.6. The number of carbonyl (C=O) groups is 2. The quantitative estimate of drug-likeness (QED) is 0.444. The normalized spacial score (nSPS) is 13.4. The van der Waals surface area contributed by atoms with Crippen molar-refractivity contribution in [3.8, 4) is 5.75 Å². The third-order valence-corrected chi connectivity index (χ3v) is 4.91. The second-order valence-electron chi connectivity index (χ2n) is 6.03. The van der Waals surface area contributed by atoms with Crippen LogP contribution in [0, 0.1) is 5.92 Å². The summed E-state index contributed by atoms with van der Waals surface area (Å²) in [6, 6.07) is 7.76. The van der Waals surface area contributed by atoms with Crippen LogP contribution in [0.15, 0.2) is 29.2 Å². The third-order valence-electron chi connectivity index (χ3n) is 3.92. The summed E-state index contributed by atoms with van der Waals surface area (Å²) in [6.45, 7) is 5.95. The lowest BCUT2D eigenvalue weighted by molar-refractivity contribution is -0.144. The van der Waals surface area contributed by atoms with E-state index in [1.54, 1.807) is 6.92 Å². The summed E-state index contributed by atoms with van der Waals surface area (Å²) in [4.78, 5) is 27.0. The number of amides is 1. The standard InChI is InChI=1S/C19H27NO4S/c1-3-23-16-7-9-17(10-8-16)25-14-18(21)20(13-15-5-6-15)12-11-19(22)24-4-2/h7-10,15H,3-6,11-14H2,1-2H3. The summed E-state index contributed by atoms with van der Waals surface area (Å²) in [5.41, 5.74) is 0. The Hall–Kier alpha value is -1.69. The molecule has 0 atom stereocenters. The van der Waals surface area contributed by atoms with Gasteiger partial charge in [-0.25, -0.2) is 0 Å². The number of nitrogens with zero attached hydrogens (tertiary/aromatic N) is 1. The van der Waals surface area contributed by atoms with Crippen molar-refractivity contribution in [2.45, 2.75) is 38.0 Å². The zero-order valence-electron chi connectivity index (χ0n) is 15.0. The molecule has 2 rings (SSSR count). The minimum Gasteiger partial charge on any atom is -0.494 e. The second-order valence-corrected chi connectivity index (χ2v) is 7.08. The molecule has 1 amide bonds. The SMILES string of the molecule is CCOC(=O)CCN(CC1CC1)C(=O)CSc1ccc(OCC)cc1. The Morgan fingerprint density at radius 2 is 1.88 bits per heavy atom. The fraction of sp³-hybridized carbons (Fsp3) is 0.579. The van der Waals surface area contributed by atoms with E-state index in [0.717, 1.165) is 17.2 Å². The molecule has 0 unspecified atom stereocenters. The van der Waals surface area contributed by atoms with Gasteiger partial charge in [0.05, 0.1) is 25.4 Å². The Morgan fingerprint density at radius 1 is 1.16 bits per heavy atom. The van der Waals surface area contributed by atoms with Crippen LogP contribution in [0.1, 0.15) is 33.1 Å². The Labute approximate surface area is 154 Å². The van der Waals surface area contributed by atoms with Crippen LogP contribution in [0.3, 0.4) is 0 Å². The average molecular weight is 365 g/mol. The maximum atomic E-state index is 12.5. The number of benzene rings is 1. The van der Waals surface area contributed by atoms with E-state index in [0.29, 0.717) is 31.4 Å². The van der Waals surface area contributed by atoms with Gasteiger partial charge in [0.2, 0.25) is 5.91 Å². The fourth-order valence-corrected chi connectivity index (χ4v) is 3.23. The lowest BCUT2D eigenvalue weighted by Crippen LogP contribution is -2.36. The van der Waals surface area contributed by atoms with Crippen molar-refractivity contribution in [2.75, 3.05) is 32.1 Å². The van der Waals surface area contributed by atoms with Crippen LogP contribution in [0.5, 0.6) is 5.75 Å². The molecule has 138 valence electrons. The van der Waals surface area contributed by atoms with Gasteiger partial charge in [0.15, 0.2) is 0 Å². The van der Waals surface area contributed by atoms with Gasteiger partial charge in [-0.1, -0.05) is 0 Å². The molecular weight excluding hydrogens is 338 g/mol. The number of rotatable bonds is 11. The van der Waals surface area contributed by atoms with E-state index in [1.807, 2.05) is 36.1 Å². The second kappa shape index (κ2) is 10.3. The molecule has 1 saturated carbocycles. The van der Waals surface area contributed by atoms with Crippen LogP contribution in [0.4, 0.5) is 0 Å². The van der Waals surface area contributed by atoms with Gasteiger partial charge in [0, 0.05) is 18.0 Å². The van der Waals surface area contributed by atoms with Crippen LogP contribution >= 0.6 is 11.8 Å². The number of hydrogen-bond acceptors (Lipinski definition) is 5. The van der Waals surface area contributed by atoms with Crippen molar-refractivity contribution in [3.05, 3.63) is 24.3 Å². The monoisotopic (exact) mass is 365 g/mol. The summed E-state index contributed by atoms with van der Waals surface area (Å²) < 4.78 is 10.4. The van der Waals surface area contributed by atoms with E-state index in [-0.39, 0.29) is 18.3 Å². The minimum absolute atomic E-state index is 0.0788. The van der Waals surface area contributed by atoms with Gasteiger partial charge in [-0.2, -0.15) is 0 Å². The van der Waals surface area contributed by atoms with Gasteiger partial charge in [-0.05, 0) is 56.9 Å². The highest BCUT2D eigenvalue weighted by Gasteiger charge is 2.27. The number of ether oxygens (including phenoxy) is 2. The predicted molar refractivity (Wildman–Crippen MR) is 98.9 cm³/mol. The molecule has 1 aliphatic rings. The highest BCUT2D eigenvalue weighted by molar-refractivity contribution is 8.00. The molecule has 0 aromatic heterocycles. The summed E-state index contributed by atoms with van der Waals surface area (Å²) in [5.74, 6) is 1.65. The van der Waals surface area contributed by atoms with Gasteiger partial charge in [0.1, 0.15) is 5.75 Å². The first-order valence-electron chi connectivity index (χ1n) is 8.91. The van der Waals surface area contributed by atoms with Gasteiger partial charge in [0.25, 0.3) is 0 Å². The van der Waals surface area contributed by atoms with Crippen LogP contribution in [-0.4, -0.2) is 48.8 Å². The molecule has 25 heavy (non-hydrogen) atoms. The average Bonchev–Trinajstić information content (AvgIpc) is 3.42. The van der Waals surface area contributed by atoms with E-state index >= 15 is 0 Å². The number of esters is 1. The highest BCUT2D eigenvalue weighted by Crippen LogP contribution is 2.30. The van der Waals surface area contributed by atoms with Crippen molar-refractivity contribution in [1.29, 1.82) is 0 Å². The largest absolute Gasteiger partial charge is 0.494 e. The fourth-order valence-electron chi connectivity index (χ4n) is 2.42. The van der Waals surface area contributed by atoms with E-state index in [2.05, 4.69) is 0 Å². The summed E-state index contributed by atoms with van der Waals surface area (Å²) in [6.07, 6.45) is 2.62. The molecule has 1 aromatic rings. The molecule has 0 heterocycles. The summed E-state index contributed by atoms with van der Waals surface area (Å²) in [7, 11) is 0. The van der Waals surface area contributed by atoms with Gasteiger partial charge in [-0.3, -0.25) is 9.59 Å². The van der Waals surface area contributed by atoms with E-state index in [9.17, 15) is 9.59 Å². The number of hydrogen-bond donors (Lipinski definition) is 0. The van der Waals surface area contributed by atoms with Crippen molar-refractivity contribution in [3.63, 3.8) is 0 Å². The van der Waals surface area contributed by atoms with Crippen LogP contribution in [0.25, 0.3) is 0 Å². The number of carbonyl (C=O) groups excluding carboxylic acids is 2. The van der Waals surface area contributed by atoms with Crippen molar-refractivity contribution in [1.82, 2.24) is 4.90 Å².